The number of nitrogens with zero attached hydrogens (tertiary/aromatic N) is 7. The molecule has 0 N–H and O–H groups in total. The van der Waals surface area contributed by atoms with Crippen molar-refractivity contribution in [2.75, 3.05) is 52.5 Å². The molecule has 0 aliphatic carbocycles. The van der Waals surface area contributed by atoms with E-state index in [1.165, 1.54) is 3.97 Å². The Morgan fingerprint density at radius 1 is 1.00 bits per heavy atom. The normalized spacial score (nSPS) is 21.9. The third-order valence-corrected chi connectivity index (χ3v) is 9.53. The van der Waals surface area contributed by atoms with Gasteiger partial charge in [-0.15, -0.1) is 10.2 Å². The van der Waals surface area contributed by atoms with Crippen molar-refractivity contribution < 1.29 is 13.2 Å². The molecule has 0 bridgehead atoms. The summed E-state index contributed by atoms with van der Waals surface area (Å²) in [7, 11) is -3.79. The first-order chi connectivity index (χ1) is 18.0. The Bertz CT molecular complexity index is 1510. The van der Waals surface area contributed by atoms with Crippen LogP contribution in [0.3, 0.4) is 0 Å². The van der Waals surface area contributed by atoms with Crippen LogP contribution in [-0.2, 0) is 14.8 Å². The second kappa shape index (κ2) is 9.79. The highest BCUT2D eigenvalue weighted by Gasteiger charge is 2.36. The monoisotopic (exact) mass is 523 g/mol. The number of rotatable bonds is 7. The number of morpholine rings is 1. The Labute approximate surface area is 216 Å². The first-order valence-corrected chi connectivity index (χ1v) is 14.5. The highest BCUT2D eigenvalue weighted by Crippen LogP contribution is 2.35. The first kappa shape index (κ1) is 24.5. The fourth-order valence-corrected chi connectivity index (χ4v) is 6.96. The number of hydrogen-bond acceptors (Lipinski definition) is 8. The molecule has 0 amide bonds. The van der Waals surface area contributed by atoms with E-state index in [4.69, 9.17) is 4.74 Å². The molecule has 5 heterocycles. The van der Waals surface area contributed by atoms with Gasteiger partial charge in [-0.3, -0.25) is 9.30 Å². The van der Waals surface area contributed by atoms with Gasteiger partial charge >= 0.3 is 0 Å². The predicted octanol–water partition coefficient (Wildman–Crippen LogP) is 2.38. The Balaban J connectivity index is 1.32. The lowest BCUT2D eigenvalue weighted by atomic mass is 9.93. The lowest BCUT2D eigenvalue weighted by Gasteiger charge is -2.28. The van der Waals surface area contributed by atoms with Crippen molar-refractivity contribution in [2.24, 2.45) is 5.92 Å². The SMILES string of the molecule is CC[C@H]1CN(CCN2CCOCC2)C[C@H]1c1nnc2cnc3c(ccn3S(=O)(=O)c3ccc(C)cc3)n12. The van der Waals surface area contributed by atoms with Crippen LogP contribution in [0.4, 0.5) is 0 Å². The molecule has 6 rings (SSSR count). The number of ether oxygens (including phenoxy) is 1. The van der Waals surface area contributed by atoms with Gasteiger partial charge in [0.05, 0.1) is 29.8 Å². The lowest BCUT2D eigenvalue weighted by Crippen LogP contribution is -2.41. The maximum absolute atomic E-state index is 13.4. The van der Waals surface area contributed by atoms with Crippen LogP contribution in [0.2, 0.25) is 0 Å². The third kappa shape index (κ3) is 4.43. The molecule has 10 nitrogen and oxygen atoms in total. The van der Waals surface area contributed by atoms with E-state index >= 15 is 0 Å². The number of aryl methyl sites for hydroxylation is 1. The van der Waals surface area contributed by atoms with E-state index in [-0.39, 0.29) is 10.8 Å². The number of fused-ring (bicyclic) bond motifs is 3. The summed E-state index contributed by atoms with van der Waals surface area (Å²) in [5, 5.41) is 9.03. The van der Waals surface area contributed by atoms with E-state index < -0.39 is 10.0 Å². The molecule has 0 saturated carbocycles. The molecule has 1 aromatic carbocycles. The smallest absolute Gasteiger partial charge is 0.269 e. The highest BCUT2D eigenvalue weighted by atomic mass is 32.2. The molecule has 0 spiro atoms. The van der Waals surface area contributed by atoms with Gasteiger partial charge in [0.15, 0.2) is 11.3 Å². The number of benzene rings is 1. The third-order valence-electron chi connectivity index (χ3n) is 7.85. The van der Waals surface area contributed by atoms with Gasteiger partial charge in [-0.25, -0.2) is 17.4 Å². The van der Waals surface area contributed by atoms with Crippen molar-refractivity contribution in [3.63, 3.8) is 0 Å². The Morgan fingerprint density at radius 3 is 2.51 bits per heavy atom. The molecule has 3 aromatic heterocycles. The van der Waals surface area contributed by atoms with Gasteiger partial charge in [0.1, 0.15) is 5.82 Å². The summed E-state index contributed by atoms with van der Waals surface area (Å²) in [6.45, 7) is 11.8. The van der Waals surface area contributed by atoms with E-state index in [2.05, 4.69) is 31.9 Å². The van der Waals surface area contributed by atoms with Gasteiger partial charge in [-0.2, -0.15) is 0 Å². The summed E-state index contributed by atoms with van der Waals surface area (Å²) in [4.78, 5) is 9.72. The summed E-state index contributed by atoms with van der Waals surface area (Å²) < 4.78 is 35.6. The molecule has 11 heteroatoms. The Kier molecular flexibility index (Phi) is 6.47. The minimum atomic E-state index is -3.79. The van der Waals surface area contributed by atoms with Crippen molar-refractivity contribution in [1.29, 1.82) is 0 Å². The van der Waals surface area contributed by atoms with Gasteiger partial charge in [0.25, 0.3) is 10.0 Å². The van der Waals surface area contributed by atoms with Crippen LogP contribution in [0, 0.1) is 12.8 Å². The van der Waals surface area contributed by atoms with E-state index in [0.717, 1.165) is 70.3 Å². The van der Waals surface area contributed by atoms with E-state index in [1.807, 2.05) is 11.3 Å². The Hall–Kier alpha value is -2.86. The standard InChI is InChI=1S/C26H33N7O3S/c1-3-20-17-31(11-10-30-12-14-36-15-13-30)18-22(20)25-29-28-24-16-27-26-23(33(24)25)8-9-32(26)37(34,35)21-6-4-19(2)5-7-21/h4-9,16,20,22H,3,10-15,17-18H2,1-2H3/t20-,22+/m0/s1. The Morgan fingerprint density at radius 2 is 1.76 bits per heavy atom. The van der Waals surface area contributed by atoms with Gasteiger partial charge in [-0.05, 0) is 31.0 Å². The fourth-order valence-electron chi connectivity index (χ4n) is 5.67. The molecule has 2 aliphatic heterocycles. The van der Waals surface area contributed by atoms with Crippen LogP contribution in [-0.4, -0.2) is 94.3 Å². The van der Waals surface area contributed by atoms with E-state index in [9.17, 15) is 8.42 Å². The van der Waals surface area contributed by atoms with Crippen LogP contribution in [0.15, 0.2) is 47.6 Å². The summed E-state index contributed by atoms with van der Waals surface area (Å²) in [5.41, 5.74) is 2.72. The van der Waals surface area contributed by atoms with E-state index in [1.54, 1.807) is 42.7 Å². The zero-order valence-electron chi connectivity index (χ0n) is 21.3. The second-order valence-electron chi connectivity index (χ2n) is 10.1. The van der Waals surface area contributed by atoms with Crippen LogP contribution in [0.5, 0.6) is 0 Å². The minimum absolute atomic E-state index is 0.215. The summed E-state index contributed by atoms with van der Waals surface area (Å²) in [6.07, 6.45) is 4.24. The van der Waals surface area contributed by atoms with Gasteiger partial charge < -0.3 is 9.64 Å². The molecule has 0 radical (unpaired) electrons. The van der Waals surface area contributed by atoms with Gasteiger partial charge in [-0.1, -0.05) is 31.0 Å². The van der Waals surface area contributed by atoms with Crippen molar-refractivity contribution in [3.8, 4) is 0 Å². The number of likely N-dealkylation sites (tertiary alicyclic amines) is 1. The predicted molar refractivity (Wildman–Crippen MR) is 140 cm³/mol. The average molecular weight is 524 g/mol. The molecule has 2 aliphatic rings. The topological polar surface area (TPSA) is 97.9 Å². The number of aromatic nitrogens is 5. The molecular weight excluding hydrogens is 490 g/mol. The summed E-state index contributed by atoms with van der Waals surface area (Å²) in [5.74, 6) is 1.56. The van der Waals surface area contributed by atoms with Crippen LogP contribution in [0.1, 0.15) is 30.7 Å². The minimum Gasteiger partial charge on any atom is -0.379 e. The molecule has 4 aromatic rings. The molecular formula is C26H33N7O3S. The molecule has 2 saturated heterocycles. The van der Waals surface area contributed by atoms with Crippen LogP contribution < -0.4 is 0 Å². The number of hydrogen-bond donors (Lipinski definition) is 0. The van der Waals surface area contributed by atoms with Crippen molar-refractivity contribution in [2.45, 2.75) is 31.1 Å². The van der Waals surface area contributed by atoms with Crippen LogP contribution in [0.25, 0.3) is 16.8 Å². The molecule has 196 valence electrons. The average Bonchev–Trinajstić information content (AvgIpc) is 3.64. The zero-order valence-corrected chi connectivity index (χ0v) is 22.1. The van der Waals surface area contributed by atoms with Crippen molar-refractivity contribution in [1.82, 2.24) is 33.4 Å². The van der Waals surface area contributed by atoms with Crippen molar-refractivity contribution >= 4 is 26.8 Å². The maximum atomic E-state index is 13.4. The lowest BCUT2D eigenvalue weighted by molar-refractivity contribution is 0.0342. The summed E-state index contributed by atoms with van der Waals surface area (Å²) >= 11 is 0. The van der Waals surface area contributed by atoms with Gasteiger partial charge in [0, 0.05) is 51.4 Å². The molecule has 37 heavy (non-hydrogen) atoms. The highest BCUT2D eigenvalue weighted by molar-refractivity contribution is 7.90. The van der Waals surface area contributed by atoms with Crippen LogP contribution >= 0.6 is 0 Å². The fraction of sp³-hybridized carbons (Fsp3) is 0.500. The molecule has 2 atom stereocenters. The van der Waals surface area contributed by atoms with E-state index in [0.29, 0.717) is 22.7 Å². The molecule has 2 fully saturated rings. The van der Waals surface area contributed by atoms with Crippen molar-refractivity contribution in [3.05, 3.63) is 54.1 Å². The quantitative estimate of drug-likeness (QED) is 0.364. The van der Waals surface area contributed by atoms with Gasteiger partial charge in [0.2, 0.25) is 0 Å². The zero-order chi connectivity index (χ0) is 25.6. The largest absolute Gasteiger partial charge is 0.379 e. The summed E-state index contributed by atoms with van der Waals surface area (Å²) in [6, 6.07) is 8.68. The second-order valence-corrected chi connectivity index (χ2v) is 12.0. The molecule has 0 unspecified atom stereocenters. The maximum Gasteiger partial charge on any atom is 0.269 e. The first-order valence-electron chi connectivity index (χ1n) is 13.0.